The number of amides is 1. The molecule has 1 amide bonds. The number of terminal acetylenes is 1. The van der Waals surface area contributed by atoms with Gasteiger partial charge in [-0.25, -0.2) is 0 Å². The normalized spacial score (nSPS) is 24.5. The first-order valence-corrected chi connectivity index (χ1v) is 9.63. The molecule has 0 radical (unpaired) electrons. The number of benzene rings is 1. The van der Waals surface area contributed by atoms with Crippen LogP contribution in [0.1, 0.15) is 50.5 Å². The van der Waals surface area contributed by atoms with Gasteiger partial charge in [0.1, 0.15) is 0 Å². The van der Waals surface area contributed by atoms with Gasteiger partial charge in [0.15, 0.2) is 5.66 Å². The third kappa shape index (κ3) is 3.46. The van der Waals surface area contributed by atoms with Crippen LogP contribution in [0, 0.1) is 25.2 Å². The largest absolute Gasteiger partial charge is 0.368 e. The fourth-order valence-corrected chi connectivity index (χ4v) is 4.36. The van der Waals surface area contributed by atoms with E-state index in [0.717, 1.165) is 30.1 Å². The summed E-state index contributed by atoms with van der Waals surface area (Å²) >= 11 is 0. The molecule has 2 heterocycles. The van der Waals surface area contributed by atoms with Gasteiger partial charge < -0.3 is 10.2 Å². The van der Waals surface area contributed by atoms with E-state index in [9.17, 15) is 4.79 Å². The van der Waals surface area contributed by atoms with E-state index in [2.05, 4.69) is 44.6 Å². The quantitative estimate of drug-likeness (QED) is 0.746. The fourth-order valence-electron chi connectivity index (χ4n) is 4.36. The van der Waals surface area contributed by atoms with Crippen molar-refractivity contribution in [3.05, 3.63) is 23.8 Å². The maximum absolute atomic E-state index is 12.4. The predicted molar refractivity (Wildman–Crippen MR) is 103 cm³/mol. The van der Waals surface area contributed by atoms with Gasteiger partial charge in [-0.3, -0.25) is 4.79 Å². The van der Waals surface area contributed by atoms with Crippen molar-refractivity contribution in [3.8, 4) is 12.3 Å². The molecule has 4 rings (SSSR count). The van der Waals surface area contributed by atoms with Gasteiger partial charge in [-0.05, 0) is 49.8 Å². The molecule has 2 atom stereocenters. The third-order valence-electron chi connectivity index (χ3n) is 6.04. The van der Waals surface area contributed by atoms with Crippen molar-refractivity contribution in [2.24, 2.45) is 16.1 Å². The number of anilines is 2. The van der Waals surface area contributed by atoms with Gasteiger partial charge in [0.2, 0.25) is 5.91 Å². The van der Waals surface area contributed by atoms with E-state index in [1.807, 2.05) is 6.92 Å². The zero-order valence-electron chi connectivity index (χ0n) is 15.4. The maximum atomic E-state index is 12.4. The molecule has 1 aliphatic carbocycles. The van der Waals surface area contributed by atoms with E-state index in [-0.39, 0.29) is 5.91 Å². The second-order valence-electron chi connectivity index (χ2n) is 7.92. The molecule has 2 unspecified atom stereocenters. The SMILES string of the molecule is C#CCCC1(CCC(=O)Nc2cc(N3CC4CCC3C4)ccc2C)N=N1. The Labute approximate surface area is 155 Å². The molecule has 26 heavy (non-hydrogen) atoms. The lowest BCUT2D eigenvalue weighted by Gasteiger charge is -2.29. The Hall–Kier alpha value is -2.35. The van der Waals surface area contributed by atoms with Crippen LogP contribution in [0.5, 0.6) is 0 Å². The highest BCUT2D eigenvalue weighted by Crippen LogP contribution is 2.41. The van der Waals surface area contributed by atoms with E-state index < -0.39 is 5.66 Å². The summed E-state index contributed by atoms with van der Waals surface area (Å²) in [5, 5.41) is 11.3. The smallest absolute Gasteiger partial charge is 0.224 e. The Morgan fingerprint density at radius 3 is 2.88 bits per heavy atom. The molecular weight excluding hydrogens is 324 g/mol. The molecule has 2 fully saturated rings. The molecule has 1 aromatic rings. The summed E-state index contributed by atoms with van der Waals surface area (Å²) in [4.78, 5) is 14.9. The summed E-state index contributed by atoms with van der Waals surface area (Å²) < 4.78 is 0. The molecule has 0 aromatic heterocycles. The second kappa shape index (κ2) is 6.75. The highest BCUT2D eigenvalue weighted by molar-refractivity contribution is 5.92. The number of hydrogen-bond acceptors (Lipinski definition) is 4. The monoisotopic (exact) mass is 350 g/mol. The standard InChI is InChI=1S/C21H26N4O/c1-3-4-10-21(23-24-21)11-9-20(26)22-19-13-18(7-5-15(19)2)25-14-16-6-8-17(25)12-16/h1,5,7,13,16-17H,4,6,8-12,14H2,2H3,(H,22,26). The summed E-state index contributed by atoms with van der Waals surface area (Å²) in [6, 6.07) is 7.10. The van der Waals surface area contributed by atoms with Crippen molar-refractivity contribution in [2.45, 2.75) is 63.6 Å². The molecule has 5 nitrogen and oxygen atoms in total. The Morgan fingerprint density at radius 1 is 1.38 bits per heavy atom. The fraction of sp³-hybridized carbons (Fsp3) is 0.571. The van der Waals surface area contributed by atoms with Crippen molar-refractivity contribution < 1.29 is 4.79 Å². The minimum Gasteiger partial charge on any atom is -0.368 e. The summed E-state index contributed by atoms with van der Waals surface area (Å²) in [6.45, 7) is 3.19. The number of hydrogen-bond donors (Lipinski definition) is 1. The summed E-state index contributed by atoms with van der Waals surface area (Å²) in [5.74, 6) is 3.49. The lowest BCUT2D eigenvalue weighted by molar-refractivity contribution is -0.116. The first kappa shape index (κ1) is 17.1. The molecule has 1 saturated heterocycles. The van der Waals surface area contributed by atoms with Crippen LogP contribution in [-0.4, -0.2) is 24.2 Å². The highest BCUT2D eigenvalue weighted by Gasteiger charge is 2.39. The molecular formula is C21H26N4O. The zero-order valence-corrected chi connectivity index (χ0v) is 15.4. The first-order chi connectivity index (χ1) is 12.6. The minimum atomic E-state index is -0.393. The lowest BCUT2D eigenvalue weighted by atomic mass is 10.0. The first-order valence-electron chi connectivity index (χ1n) is 9.63. The van der Waals surface area contributed by atoms with Gasteiger partial charge in [0.25, 0.3) is 0 Å². The van der Waals surface area contributed by atoms with E-state index in [1.165, 1.54) is 24.9 Å². The molecule has 2 aliphatic heterocycles. The molecule has 136 valence electrons. The second-order valence-corrected chi connectivity index (χ2v) is 7.92. The van der Waals surface area contributed by atoms with E-state index >= 15 is 0 Å². The number of aryl methyl sites for hydroxylation is 1. The number of carbonyl (C=O) groups is 1. The average molecular weight is 350 g/mol. The van der Waals surface area contributed by atoms with Crippen molar-refractivity contribution in [1.82, 2.24) is 0 Å². The Bertz CT molecular complexity index is 773. The van der Waals surface area contributed by atoms with Crippen LogP contribution >= 0.6 is 0 Å². The Balaban J connectivity index is 1.36. The van der Waals surface area contributed by atoms with Gasteiger partial charge in [-0.2, -0.15) is 10.2 Å². The molecule has 2 bridgehead atoms. The van der Waals surface area contributed by atoms with Crippen LogP contribution in [0.15, 0.2) is 28.4 Å². The maximum Gasteiger partial charge on any atom is 0.224 e. The van der Waals surface area contributed by atoms with Gasteiger partial charge in [-0.1, -0.05) is 6.07 Å². The molecule has 5 heteroatoms. The van der Waals surface area contributed by atoms with Crippen LogP contribution in [0.3, 0.4) is 0 Å². The summed E-state index contributed by atoms with van der Waals surface area (Å²) in [7, 11) is 0. The average Bonchev–Trinajstić information content (AvgIpc) is 3.08. The van der Waals surface area contributed by atoms with Crippen LogP contribution in [0.25, 0.3) is 0 Å². The Kier molecular flexibility index (Phi) is 4.44. The zero-order chi connectivity index (χ0) is 18.1. The van der Waals surface area contributed by atoms with Crippen molar-refractivity contribution in [2.75, 3.05) is 16.8 Å². The third-order valence-corrected chi connectivity index (χ3v) is 6.04. The van der Waals surface area contributed by atoms with Gasteiger partial charge >= 0.3 is 0 Å². The van der Waals surface area contributed by atoms with Crippen LogP contribution in [0.2, 0.25) is 0 Å². The van der Waals surface area contributed by atoms with E-state index in [4.69, 9.17) is 6.42 Å². The highest BCUT2D eigenvalue weighted by atomic mass is 16.1. The Morgan fingerprint density at radius 2 is 2.23 bits per heavy atom. The number of fused-ring (bicyclic) bond motifs is 2. The van der Waals surface area contributed by atoms with Crippen LogP contribution in [0.4, 0.5) is 11.4 Å². The van der Waals surface area contributed by atoms with Crippen molar-refractivity contribution in [1.29, 1.82) is 0 Å². The number of nitrogens with one attached hydrogen (secondary N) is 1. The summed E-state index contributed by atoms with van der Waals surface area (Å²) in [6.07, 6.45) is 11.7. The molecule has 3 aliphatic rings. The van der Waals surface area contributed by atoms with Crippen molar-refractivity contribution >= 4 is 17.3 Å². The lowest BCUT2D eigenvalue weighted by Crippen LogP contribution is -2.31. The van der Waals surface area contributed by atoms with Crippen LogP contribution in [-0.2, 0) is 4.79 Å². The van der Waals surface area contributed by atoms with E-state index in [1.54, 1.807) is 0 Å². The number of nitrogens with zero attached hydrogens (tertiary/aromatic N) is 3. The topological polar surface area (TPSA) is 57.1 Å². The van der Waals surface area contributed by atoms with E-state index in [0.29, 0.717) is 25.3 Å². The van der Waals surface area contributed by atoms with Gasteiger partial charge in [-0.15, -0.1) is 12.3 Å². The predicted octanol–water partition coefficient (Wildman–Crippen LogP) is 4.28. The number of piperidine rings is 1. The summed E-state index contributed by atoms with van der Waals surface area (Å²) in [5.41, 5.74) is 2.85. The number of carbonyl (C=O) groups excluding carboxylic acids is 1. The molecule has 1 N–H and O–H groups in total. The molecule has 0 spiro atoms. The molecule has 1 aromatic carbocycles. The minimum absolute atomic E-state index is 0.0191. The van der Waals surface area contributed by atoms with Crippen molar-refractivity contribution in [3.63, 3.8) is 0 Å². The molecule has 1 saturated carbocycles. The van der Waals surface area contributed by atoms with Gasteiger partial charge in [0, 0.05) is 49.6 Å². The van der Waals surface area contributed by atoms with Crippen LogP contribution < -0.4 is 10.2 Å². The van der Waals surface area contributed by atoms with Gasteiger partial charge in [0.05, 0.1) is 0 Å². The number of rotatable bonds is 7.